The number of aromatic nitrogens is 4. The van der Waals surface area contributed by atoms with Crippen LogP contribution in [0.15, 0.2) is 48.5 Å². The Labute approximate surface area is 366 Å². The molecule has 2 aromatic carbocycles. The number of anilines is 2. The average Bonchev–Trinajstić information content (AvgIpc) is 3.87. The number of nitro groups is 2. The van der Waals surface area contributed by atoms with Crippen molar-refractivity contribution in [3.05, 3.63) is 114 Å². The second-order valence-electron chi connectivity index (χ2n) is 17.4. The van der Waals surface area contributed by atoms with E-state index >= 15 is 0 Å². The van der Waals surface area contributed by atoms with Crippen molar-refractivity contribution in [2.75, 3.05) is 36.8 Å². The van der Waals surface area contributed by atoms with E-state index in [2.05, 4.69) is 30.6 Å². The van der Waals surface area contributed by atoms with Crippen LogP contribution in [-0.4, -0.2) is 89.1 Å². The Bertz CT molecular complexity index is 2100. The number of aryl methyl sites for hydroxylation is 3. The SMILES string of the molecule is Cc1nc(C)c([N+](=O)[O-])c(NCc2ccc(C3CCN(C(=O)OC(C)(C)C)C3)cc2)n1.Cc1nc(Cl)nc(NCc2ccc(C3CCN(C(=O)OC(C)(C)C)C3)cc2)c1[N+](=O)[O-]. The summed E-state index contributed by atoms with van der Waals surface area (Å²) < 4.78 is 10.9. The molecule has 2 unspecified atom stereocenters. The standard InChI is InChI=1S/C22H29N5O4.C21H26ClN5O4/c1-14-19(27(29)30)20(25-15(2)24-14)23-12-16-6-8-17(9-7-16)18-10-11-26(13-18)21(28)31-22(3,4)5;1-13-17(27(29)30)18(25-19(22)24-13)23-11-14-5-7-15(8-6-14)16-9-10-26(12-16)20(28)31-21(2,3)4/h6-9,18H,10-13H2,1-5H3,(H,23,24,25);5-8,16H,9-12H2,1-4H3,(H,23,24,25). The van der Waals surface area contributed by atoms with Crippen LogP contribution in [-0.2, 0) is 22.6 Å². The minimum atomic E-state index is -0.520. The number of hydrogen-bond donors (Lipinski definition) is 2. The first-order valence-corrected chi connectivity index (χ1v) is 20.7. The topological polar surface area (TPSA) is 221 Å². The fourth-order valence-electron chi connectivity index (χ4n) is 7.16. The van der Waals surface area contributed by atoms with Gasteiger partial charge >= 0.3 is 23.6 Å². The van der Waals surface area contributed by atoms with Crippen molar-refractivity contribution < 1.29 is 28.9 Å². The number of halogens is 1. The number of benzene rings is 2. The van der Waals surface area contributed by atoms with Crippen LogP contribution < -0.4 is 10.6 Å². The number of carbonyl (C=O) groups excluding carboxylic acids is 2. The van der Waals surface area contributed by atoms with Crippen LogP contribution in [0, 0.1) is 41.0 Å². The summed E-state index contributed by atoms with van der Waals surface area (Å²) in [6.45, 7) is 19.4. The van der Waals surface area contributed by atoms with E-state index in [4.69, 9.17) is 21.1 Å². The molecule has 6 rings (SSSR count). The number of hydrogen-bond acceptors (Lipinski definition) is 14. The first-order chi connectivity index (χ1) is 29.1. The molecular formula is C43H55ClN10O8. The molecule has 2 N–H and O–H groups in total. The van der Waals surface area contributed by atoms with Crippen LogP contribution in [0.4, 0.5) is 32.6 Å². The van der Waals surface area contributed by atoms with Crippen molar-refractivity contribution in [3.63, 3.8) is 0 Å². The largest absolute Gasteiger partial charge is 0.444 e. The lowest BCUT2D eigenvalue weighted by Gasteiger charge is -2.24. The molecule has 2 amide bonds. The molecule has 0 spiro atoms. The van der Waals surface area contributed by atoms with Gasteiger partial charge < -0.3 is 29.9 Å². The lowest BCUT2D eigenvalue weighted by molar-refractivity contribution is -0.385. The van der Waals surface area contributed by atoms with Gasteiger partial charge in [0, 0.05) is 51.1 Å². The Kier molecular flexibility index (Phi) is 14.9. The summed E-state index contributed by atoms with van der Waals surface area (Å²) in [6.07, 6.45) is 1.22. The fourth-order valence-corrected chi connectivity index (χ4v) is 7.37. The Hall–Kier alpha value is -6.17. The Morgan fingerprint density at radius 2 is 1.06 bits per heavy atom. The zero-order valence-corrected chi connectivity index (χ0v) is 37.4. The van der Waals surface area contributed by atoms with E-state index in [9.17, 15) is 29.8 Å². The summed E-state index contributed by atoms with van der Waals surface area (Å²) >= 11 is 5.85. The maximum atomic E-state index is 12.3. The number of ether oxygens (including phenoxy) is 2. The molecule has 2 aliphatic heterocycles. The minimum absolute atomic E-state index is 0.0447. The predicted octanol–water partition coefficient (Wildman–Crippen LogP) is 9.02. The van der Waals surface area contributed by atoms with Gasteiger partial charge in [-0.1, -0.05) is 48.5 Å². The number of carbonyl (C=O) groups is 2. The highest BCUT2D eigenvalue weighted by atomic mass is 35.5. The van der Waals surface area contributed by atoms with Gasteiger partial charge in [-0.3, -0.25) is 20.2 Å². The van der Waals surface area contributed by atoms with E-state index < -0.39 is 21.0 Å². The predicted molar refractivity (Wildman–Crippen MR) is 234 cm³/mol. The summed E-state index contributed by atoms with van der Waals surface area (Å²) in [5.74, 6) is 1.32. The third kappa shape index (κ3) is 12.9. The van der Waals surface area contributed by atoms with E-state index in [0.717, 1.165) is 35.1 Å². The molecule has 0 aliphatic carbocycles. The zero-order chi connectivity index (χ0) is 45.5. The molecular weight excluding hydrogens is 820 g/mol. The number of rotatable bonds is 10. The molecule has 2 saturated heterocycles. The highest BCUT2D eigenvalue weighted by Gasteiger charge is 2.32. The Balaban J connectivity index is 0.000000234. The molecule has 0 radical (unpaired) electrons. The molecule has 2 aromatic heterocycles. The molecule has 62 heavy (non-hydrogen) atoms. The van der Waals surface area contributed by atoms with Crippen molar-refractivity contribution in [3.8, 4) is 0 Å². The van der Waals surface area contributed by atoms with Crippen molar-refractivity contribution in [2.24, 2.45) is 0 Å². The molecule has 4 heterocycles. The molecule has 2 atom stereocenters. The van der Waals surface area contributed by atoms with Crippen LogP contribution in [0.3, 0.4) is 0 Å². The first kappa shape index (κ1) is 46.9. The van der Waals surface area contributed by atoms with E-state index in [1.54, 1.807) is 23.6 Å². The van der Waals surface area contributed by atoms with Gasteiger partial charge in [0.05, 0.1) is 9.85 Å². The van der Waals surface area contributed by atoms with Gasteiger partial charge in [0.2, 0.25) is 16.9 Å². The van der Waals surface area contributed by atoms with Crippen molar-refractivity contribution >= 4 is 46.8 Å². The Morgan fingerprint density at radius 3 is 1.45 bits per heavy atom. The summed E-state index contributed by atoms with van der Waals surface area (Å²) in [5, 5.41) is 28.7. The molecule has 19 heteroatoms. The smallest absolute Gasteiger partial charge is 0.410 e. The van der Waals surface area contributed by atoms with Crippen molar-refractivity contribution in [1.29, 1.82) is 0 Å². The number of nitrogens with zero attached hydrogens (tertiary/aromatic N) is 8. The van der Waals surface area contributed by atoms with Crippen LogP contribution >= 0.6 is 11.6 Å². The molecule has 0 saturated carbocycles. The van der Waals surface area contributed by atoms with Crippen molar-refractivity contribution in [2.45, 2.75) is 111 Å². The number of nitrogens with one attached hydrogen (secondary N) is 2. The van der Waals surface area contributed by atoms with Gasteiger partial charge in [-0.15, -0.1) is 0 Å². The highest BCUT2D eigenvalue weighted by Crippen LogP contribution is 2.32. The van der Waals surface area contributed by atoms with Crippen LogP contribution in [0.5, 0.6) is 0 Å². The Morgan fingerprint density at radius 1 is 0.677 bits per heavy atom. The second kappa shape index (κ2) is 19.7. The van der Waals surface area contributed by atoms with E-state index in [0.29, 0.717) is 50.8 Å². The lowest BCUT2D eigenvalue weighted by atomic mass is 9.97. The molecule has 0 bridgehead atoms. The van der Waals surface area contributed by atoms with Gasteiger partial charge in [-0.25, -0.2) is 24.5 Å². The quantitative estimate of drug-likeness (QED) is 0.0862. The molecule has 4 aromatic rings. The summed E-state index contributed by atoms with van der Waals surface area (Å²) in [5.41, 5.74) is 3.47. The lowest BCUT2D eigenvalue weighted by Crippen LogP contribution is -2.35. The maximum Gasteiger partial charge on any atom is 0.410 e. The first-order valence-electron chi connectivity index (χ1n) is 20.4. The van der Waals surface area contributed by atoms with Crippen LogP contribution in [0.25, 0.3) is 0 Å². The molecule has 18 nitrogen and oxygen atoms in total. The van der Waals surface area contributed by atoms with E-state index in [1.165, 1.54) is 6.92 Å². The van der Waals surface area contributed by atoms with Gasteiger partial charge in [0.15, 0.2) is 0 Å². The third-order valence-electron chi connectivity index (χ3n) is 10.1. The zero-order valence-electron chi connectivity index (χ0n) is 36.7. The third-order valence-corrected chi connectivity index (χ3v) is 10.2. The maximum absolute atomic E-state index is 12.3. The molecule has 332 valence electrons. The number of amides is 2. The molecule has 2 fully saturated rings. The summed E-state index contributed by atoms with van der Waals surface area (Å²) in [6, 6.07) is 16.0. The minimum Gasteiger partial charge on any atom is -0.444 e. The summed E-state index contributed by atoms with van der Waals surface area (Å²) in [7, 11) is 0. The summed E-state index contributed by atoms with van der Waals surface area (Å²) in [4.78, 5) is 65.8. The van der Waals surface area contributed by atoms with Gasteiger partial charge in [0.25, 0.3) is 0 Å². The fraction of sp³-hybridized carbons (Fsp3) is 0.488. The van der Waals surface area contributed by atoms with Gasteiger partial charge in [0.1, 0.15) is 28.4 Å². The van der Waals surface area contributed by atoms with E-state index in [1.807, 2.05) is 90.1 Å². The van der Waals surface area contributed by atoms with E-state index in [-0.39, 0.29) is 58.0 Å². The monoisotopic (exact) mass is 874 g/mol. The second-order valence-corrected chi connectivity index (χ2v) is 17.7. The van der Waals surface area contributed by atoms with Crippen molar-refractivity contribution in [1.82, 2.24) is 29.7 Å². The van der Waals surface area contributed by atoms with Gasteiger partial charge in [-0.05, 0) is 109 Å². The normalized spacial score (nSPS) is 16.3. The van der Waals surface area contributed by atoms with Crippen LogP contribution in [0.2, 0.25) is 5.28 Å². The highest BCUT2D eigenvalue weighted by molar-refractivity contribution is 6.28. The van der Waals surface area contributed by atoms with Crippen LogP contribution in [0.1, 0.15) is 106 Å². The molecule has 2 aliphatic rings. The average molecular weight is 875 g/mol. The van der Waals surface area contributed by atoms with Gasteiger partial charge in [-0.2, -0.15) is 4.98 Å². The number of likely N-dealkylation sites (tertiary alicyclic amines) is 2.